The molecule has 0 bridgehead atoms. The Morgan fingerprint density at radius 1 is 1.40 bits per heavy atom. The summed E-state index contributed by atoms with van der Waals surface area (Å²) in [6, 6.07) is 4.49. The third kappa shape index (κ3) is 2.81. The monoisotopic (exact) mass is 275 g/mol. The van der Waals surface area contributed by atoms with Gasteiger partial charge in [-0.15, -0.1) is 0 Å². The Hall–Kier alpha value is -2.31. The lowest BCUT2D eigenvalue weighted by molar-refractivity contribution is 0.312. The largest absolute Gasteiger partial charge is 0.467 e. The lowest BCUT2D eigenvalue weighted by atomic mass is 10.4. The number of nitrogen functional groups attached to an aromatic ring is 1. The Morgan fingerprint density at radius 2 is 2.25 bits per heavy atom. The molecule has 3 rings (SSSR count). The number of nitrogens with zero attached hydrogens (tertiary/aromatic N) is 4. The molecule has 7 heteroatoms. The Balaban J connectivity index is 1.86. The molecule has 0 radical (unpaired) electrons. The van der Waals surface area contributed by atoms with E-state index in [9.17, 15) is 0 Å². The summed E-state index contributed by atoms with van der Waals surface area (Å²) in [5, 5.41) is 0. The van der Waals surface area contributed by atoms with E-state index in [4.69, 9.17) is 14.9 Å². The normalized spacial score (nSPS) is 14.2. The average molecular weight is 275 g/mol. The van der Waals surface area contributed by atoms with Gasteiger partial charge in [0.05, 0.1) is 19.4 Å². The average Bonchev–Trinajstić information content (AvgIpc) is 3.12. The van der Waals surface area contributed by atoms with Crippen LogP contribution in [0, 0.1) is 0 Å². The van der Waals surface area contributed by atoms with Gasteiger partial charge >= 0.3 is 6.01 Å². The molecule has 2 aromatic rings. The zero-order valence-corrected chi connectivity index (χ0v) is 11.3. The molecule has 1 saturated carbocycles. The maximum absolute atomic E-state index is 5.73. The standard InChI is InChI=1S/C13H17N5O2/c1-2-19-13-16-11(14)15-12(17-13)18(9-5-6-9)8-10-4-3-7-20-10/h3-4,7,9H,2,5-6,8H2,1H3,(H2,14,15,16,17). The predicted octanol–water partition coefficient (Wildman–Crippen LogP) is 1.61. The van der Waals surface area contributed by atoms with Crippen molar-refractivity contribution in [3.8, 4) is 6.01 Å². The van der Waals surface area contributed by atoms with E-state index in [1.165, 1.54) is 0 Å². The van der Waals surface area contributed by atoms with E-state index in [-0.39, 0.29) is 12.0 Å². The molecule has 0 unspecified atom stereocenters. The van der Waals surface area contributed by atoms with Crippen LogP contribution in [0.5, 0.6) is 6.01 Å². The van der Waals surface area contributed by atoms with E-state index in [1.807, 2.05) is 19.1 Å². The van der Waals surface area contributed by atoms with Gasteiger partial charge in [-0.2, -0.15) is 15.0 Å². The highest BCUT2D eigenvalue weighted by atomic mass is 16.5. The topological polar surface area (TPSA) is 90.3 Å². The SMILES string of the molecule is CCOc1nc(N)nc(N(Cc2ccco2)C2CC2)n1. The lowest BCUT2D eigenvalue weighted by Crippen LogP contribution is -2.27. The van der Waals surface area contributed by atoms with Crippen LogP contribution < -0.4 is 15.4 Å². The summed E-state index contributed by atoms with van der Waals surface area (Å²) in [6.07, 6.45) is 3.90. The maximum Gasteiger partial charge on any atom is 0.323 e. The number of hydrogen-bond donors (Lipinski definition) is 1. The molecule has 0 aromatic carbocycles. The third-order valence-electron chi connectivity index (χ3n) is 3.04. The van der Waals surface area contributed by atoms with E-state index < -0.39 is 0 Å². The van der Waals surface area contributed by atoms with Crippen molar-refractivity contribution in [3.63, 3.8) is 0 Å². The third-order valence-corrected chi connectivity index (χ3v) is 3.04. The first-order valence-electron chi connectivity index (χ1n) is 6.69. The van der Waals surface area contributed by atoms with Gasteiger partial charge in [-0.1, -0.05) is 0 Å². The van der Waals surface area contributed by atoms with E-state index in [2.05, 4.69) is 19.9 Å². The molecular formula is C13H17N5O2. The van der Waals surface area contributed by atoms with Crippen molar-refractivity contribution in [2.45, 2.75) is 32.4 Å². The summed E-state index contributed by atoms with van der Waals surface area (Å²) in [7, 11) is 0. The van der Waals surface area contributed by atoms with Crippen LogP contribution in [0.4, 0.5) is 11.9 Å². The van der Waals surface area contributed by atoms with Gasteiger partial charge in [0.2, 0.25) is 11.9 Å². The molecule has 1 fully saturated rings. The molecule has 1 aliphatic carbocycles. The van der Waals surface area contributed by atoms with E-state index in [0.29, 0.717) is 25.1 Å². The number of rotatable bonds is 6. The summed E-state index contributed by atoms with van der Waals surface area (Å²) in [4.78, 5) is 14.6. The van der Waals surface area contributed by atoms with Gasteiger partial charge in [0, 0.05) is 6.04 Å². The smallest absolute Gasteiger partial charge is 0.323 e. The fourth-order valence-corrected chi connectivity index (χ4v) is 2.00. The highest BCUT2D eigenvalue weighted by molar-refractivity contribution is 5.39. The van der Waals surface area contributed by atoms with Gasteiger partial charge in [0.15, 0.2) is 0 Å². The second-order valence-electron chi connectivity index (χ2n) is 4.65. The van der Waals surface area contributed by atoms with Crippen molar-refractivity contribution in [2.24, 2.45) is 0 Å². The molecule has 2 N–H and O–H groups in total. The summed E-state index contributed by atoms with van der Waals surface area (Å²) in [5.74, 6) is 1.58. The Bertz CT molecular complexity index is 568. The van der Waals surface area contributed by atoms with Crippen LogP contribution in [-0.2, 0) is 6.54 Å². The molecular weight excluding hydrogens is 258 g/mol. The summed E-state index contributed by atoms with van der Waals surface area (Å²) >= 11 is 0. The van der Waals surface area contributed by atoms with Crippen molar-refractivity contribution in [1.29, 1.82) is 0 Å². The zero-order chi connectivity index (χ0) is 13.9. The quantitative estimate of drug-likeness (QED) is 0.856. The molecule has 106 valence electrons. The molecule has 0 amide bonds. The van der Waals surface area contributed by atoms with Crippen LogP contribution in [0.15, 0.2) is 22.8 Å². The number of ether oxygens (including phenoxy) is 1. The molecule has 0 atom stereocenters. The number of nitrogens with two attached hydrogens (primary N) is 1. The zero-order valence-electron chi connectivity index (χ0n) is 11.3. The second-order valence-corrected chi connectivity index (χ2v) is 4.65. The van der Waals surface area contributed by atoms with Crippen molar-refractivity contribution in [2.75, 3.05) is 17.2 Å². The Labute approximate surface area is 116 Å². The lowest BCUT2D eigenvalue weighted by Gasteiger charge is -2.21. The molecule has 2 aromatic heterocycles. The van der Waals surface area contributed by atoms with Crippen molar-refractivity contribution in [3.05, 3.63) is 24.2 Å². The predicted molar refractivity (Wildman–Crippen MR) is 73.3 cm³/mol. The van der Waals surface area contributed by atoms with E-state index in [0.717, 1.165) is 18.6 Å². The van der Waals surface area contributed by atoms with Crippen molar-refractivity contribution >= 4 is 11.9 Å². The highest BCUT2D eigenvalue weighted by Crippen LogP contribution is 2.32. The van der Waals surface area contributed by atoms with Crippen LogP contribution in [0.3, 0.4) is 0 Å². The molecule has 20 heavy (non-hydrogen) atoms. The van der Waals surface area contributed by atoms with Crippen LogP contribution in [0.25, 0.3) is 0 Å². The first-order valence-corrected chi connectivity index (χ1v) is 6.69. The first-order chi connectivity index (χ1) is 9.76. The molecule has 0 saturated heterocycles. The molecule has 2 heterocycles. The Morgan fingerprint density at radius 3 is 2.90 bits per heavy atom. The van der Waals surface area contributed by atoms with Crippen molar-refractivity contribution in [1.82, 2.24) is 15.0 Å². The minimum Gasteiger partial charge on any atom is -0.467 e. The van der Waals surface area contributed by atoms with Gasteiger partial charge in [-0.05, 0) is 31.9 Å². The Kier molecular flexibility index (Phi) is 3.41. The van der Waals surface area contributed by atoms with Gasteiger partial charge in [-0.3, -0.25) is 0 Å². The number of aromatic nitrogens is 3. The molecule has 0 spiro atoms. The molecule has 1 aliphatic rings. The second kappa shape index (κ2) is 5.36. The summed E-state index contributed by atoms with van der Waals surface area (Å²) in [5.41, 5.74) is 5.73. The van der Waals surface area contributed by atoms with Crippen LogP contribution in [-0.4, -0.2) is 27.6 Å². The first kappa shape index (κ1) is 12.7. The maximum atomic E-state index is 5.73. The minimum absolute atomic E-state index is 0.170. The highest BCUT2D eigenvalue weighted by Gasteiger charge is 2.32. The number of anilines is 2. The fourth-order valence-electron chi connectivity index (χ4n) is 2.00. The number of furan rings is 1. The van der Waals surface area contributed by atoms with E-state index >= 15 is 0 Å². The van der Waals surface area contributed by atoms with E-state index in [1.54, 1.807) is 6.26 Å². The number of hydrogen-bond acceptors (Lipinski definition) is 7. The van der Waals surface area contributed by atoms with Gasteiger partial charge in [-0.25, -0.2) is 0 Å². The van der Waals surface area contributed by atoms with Gasteiger partial charge < -0.3 is 19.8 Å². The molecule has 7 nitrogen and oxygen atoms in total. The summed E-state index contributed by atoms with van der Waals surface area (Å²) < 4.78 is 10.7. The van der Waals surface area contributed by atoms with Gasteiger partial charge in [0.1, 0.15) is 5.76 Å². The summed E-state index contributed by atoms with van der Waals surface area (Å²) in [6.45, 7) is 2.98. The van der Waals surface area contributed by atoms with Crippen molar-refractivity contribution < 1.29 is 9.15 Å². The fraction of sp³-hybridized carbons (Fsp3) is 0.462. The molecule has 0 aliphatic heterocycles. The van der Waals surface area contributed by atoms with Crippen LogP contribution >= 0.6 is 0 Å². The van der Waals surface area contributed by atoms with Crippen LogP contribution in [0.1, 0.15) is 25.5 Å². The van der Waals surface area contributed by atoms with Gasteiger partial charge in [0.25, 0.3) is 0 Å². The van der Waals surface area contributed by atoms with Crippen LogP contribution in [0.2, 0.25) is 0 Å². The minimum atomic E-state index is 0.170.